The first-order valence-corrected chi connectivity index (χ1v) is 4.96. The van der Waals surface area contributed by atoms with Crippen molar-refractivity contribution in [1.29, 1.82) is 0 Å². The lowest BCUT2D eigenvalue weighted by atomic mass is 10.2. The van der Waals surface area contributed by atoms with Crippen molar-refractivity contribution in [1.82, 2.24) is 9.97 Å². The number of nitrogens with zero attached hydrogens (tertiary/aromatic N) is 2. The van der Waals surface area contributed by atoms with E-state index in [-0.39, 0.29) is 6.10 Å². The van der Waals surface area contributed by atoms with Crippen molar-refractivity contribution in [2.45, 2.75) is 26.5 Å². The molecule has 0 bridgehead atoms. The van der Waals surface area contributed by atoms with E-state index in [1.807, 2.05) is 13.8 Å². The van der Waals surface area contributed by atoms with Crippen LogP contribution >= 0.6 is 0 Å². The minimum atomic E-state index is 0.142. The van der Waals surface area contributed by atoms with Crippen LogP contribution in [0.4, 0.5) is 5.95 Å². The number of anilines is 1. The van der Waals surface area contributed by atoms with E-state index in [0.717, 1.165) is 11.3 Å². The Balaban J connectivity index is 2.59. The Morgan fingerprint density at radius 3 is 2.87 bits per heavy atom. The molecule has 84 valence electrons. The molecule has 0 spiro atoms. The molecule has 0 aliphatic carbocycles. The van der Waals surface area contributed by atoms with Crippen molar-refractivity contribution in [3.8, 4) is 0 Å². The van der Waals surface area contributed by atoms with Gasteiger partial charge in [-0.15, -0.1) is 0 Å². The molecule has 0 fully saturated rings. The van der Waals surface area contributed by atoms with Crippen LogP contribution in [-0.4, -0.2) is 29.7 Å². The predicted octanol–water partition coefficient (Wildman–Crippen LogP) is 0.691. The van der Waals surface area contributed by atoms with E-state index in [9.17, 15) is 0 Å². The Morgan fingerprint density at radius 2 is 2.33 bits per heavy atom. The normalized spacial score (nSPS) is 12.5. The molecule has 0 radical (unpaired) electrons. The molecule has 15 heavy (non-hydrogen) atoms. The molecule has 5 heteroatoms. The number of methoxy groups -OCH3 is 1. The highest BCUT2D eigenvalue weighted by Crippen LogP contribution is 2.06. The van der Waals surface area contributed by atoms with Gasteiger partial charge in [0.05, 0.1) is 6.10 Å². The van der Waals surface area contributed by atoms with Gasteiger partial charge in [-0.2, -0.15) is 0 Å². The minimum Gasteiger partial charge on any atom is -0.380 e. The fraction of sp³-hybridized carbons (Fsp3) is 0.600. The third-order valence-electron chi connectivity index (χ3n) is 2.25. The van der Waals surface area contributed by atoms with Gasteiger partial charge in [0.1, 0.15) is 0 Å². The van der Waals surface area contributed by atoms with Crippen LogP contribution in [0, 0.1) is 6.92 Å². The second-order valence-corrected chi connectivity index (χ2v) is 3.44. The number of hydrogen-bond donors (Lipinski definition) is 2. The molecule has 0 aliphatic heterocycles. The molecule has 3 N–H and O–H groups in total. The second kappa shape index (κ2) is 5.63. The summed E-state index contributed by atoms with van der Waals surface area (Å²) in [5, 5.41) is 3.10. The summed E-state index contributed by atoms with van der Waals surface area (Å²) in [6.07, 6.45) is 1.89. The number of rotatable bonds is 5. The molecule has 0 aromatic carbocycles. The molecule has 0 amide bonds. The lowest BCUT2D eigenvalue weighted by molar-refractivity contribution is 0.128. The summed E-state index contributed by atoms with van der Waals surface area (Å²) in [6, 6.07) is 0. The Kier molecular flexibility index (Phi) is 4.45. The summed E-state index contributed by atoms with van der Waals surface area (Å²) in [7, 11) is 1.68. The van der Waals surface area contributed by atoms with E-state index in [0.29, 0.717) is 19.0 Å². The largest absolute Gasteiger partial charge is 0.380 e. The minimum absolute atomic E-state index is 0.142. The van der Waals surface area contributed by atoms with Gasteiger partial charge in [-0.1, -0.05) is 0 Å². The number of hydrogen-bond acceptors (Lipinski definition) is 5. The molecule has 0 saturated carbocycles. The van der Waals surface area contributed by atoms with Gasteiger partial charge < -0.3 is 15.8 Å². The van der Waals surface area contributed by atoms with Gasteiger partial charge in [-0.05, 0) is 13.8 Å². The van der Waals surface area contributed by atoms with Gasteiger partial charge in [0.25, 0.3) is 0 Å². The summed E-state index contributed by atoms with van der Waals surface area (Å²) in [5.74, 6) is 0.619. The smallest absolute Gasteiger partial charge is 0.222 e. The standard InChI is InChI=1S/C10H18N4O/c1-7(15-3)5-12-10-13-6-9(4-11)8(2)14-10/h6-7H,4-5,11H2,1-3H3,(H,12,13,14). The molecular weight excluding hydrogens is 192 g/mol. The van der Waals surface area contributed by atoms with Crippen LogP contribution < -0.4 is 11.1 Å². The monoisotopic (exact) mass is 210 g/mol. The van der Waals surface area contributed by atoms with Crippen molar-refractivity contribution in [3.05, 3.63) is 17.5 Å². The first kappa shape index (κ1) is 11.9. The summed E-state index contributed by atoms with van der Waals surface area (Å²) in [4.78, 5) is 8.45. The number of aryl methyl sites for hydroxylation is 1. The van der Waals surface area contributed by atoms with Crippen molar-refractivity contribution in [3.63, 3.8) is 0 Å². The van der Waals surface area contributed by atoms with Crippen LogP contribution in [-0.2, 0) is 11.3 Å². The van der Waals surface area contributed by atoms with Gasteiger partial charge in [-0.3, -0.25) is 0 Å². The molecule has 1 aromatic rings. The molecule has 1 unspecified atom stereocenters. The highest BCUT2D eigenvalue weighted by Gasteiger charge is 2.03. The molecule has 1 heterocycles. The van der Waals surface area contributed by atoms with E-state index in [4.69, 9.17) is 10.5 Å². The van der Waals surface area contributed by atoms with Crippen LogP contribution in [0.2, 0.25) is 0 Å². The van der Waals surface area contributed by atoms with Crippen molar-refractivity contribution in [2.75, 3.05) is 19.0 Å². The van der Waals surface area contributed by atoms with Crippen molar-refractivity contribution >= 4 is 5.95 Å². The maximum atomic E-state index is 5.52. The molecule has 0 aliphatic rings. The number of nitrogens with one attached hydrogen (secondary N) is 1. The van der Waals surface area contributed by atoms with Gasteiger partial charge in [0.15, 0.2) is 0 Å². The fourth-order valence-corrected chi connectivity index (χ4v) is 1.10. The second-order valence-electron chi connectivity index (χ2n) is 3.44. The number of ether oxygens (including phenoxy) is 1. The fourth-order valence-electron chi connectivity index (χ4n) is 1.10. The van der Waals surface area contributed by atoms with E-state index >= 15 is 0 Å². The summed E-state index contributed by atoms with van der Waals surface area (Å²) in [5.41, 5.74) is 7.41. The Morgan fingerprint density at radius 1 is 1.60 bits per heavy atom. The van der Waals surface area contributed by atoms with Crippen molar-refractivity contribution in [2.24, 2.45) is 5.73 Å². The van der Waals surface area contributed by atoms with Crippen LogP contribution in [0.15, 0.2) is 6.20 Å². The third kappa shape index (κ3) is 3.45. The zero-order valence-corrected chi connectivity index (χ0v) is 9.45. The first-order valence-electron chi connectivity index (χ1n) is 4.96. The van der Waals surface area contributed by atoms with E-state index in [1.165, 1.54) is 0 Å². The predicted molar refractivity (Wildman–Crippen MR) is 59.6 cm³/mol. The van der Waals surface area contributed by atoms with Crippen molar-refractivity contribution < 1.29 is 4.74 Å². The van der Waals surface area contributed by atoms with Gasteiger partial charge in [-0.25, -0.2) is 9.97 Å². The van der Waals surface area contributed by atoms with Crippen LogP contribution in [0.1, 0.15) is 18.2 Å². The number of aromatic nitrogens is 2. The quantitative estimate of drug-likeness (QED) is 0.748. The van der Waals surface area contributed by atoms with E-state index in [1.54, 1.807) is 13.3 Å². The van der Waals surface area contributed by atoms with E-state index < -0.39 is 0 Å². The molecule has 1 aromatic heterocycles. The molecule has 1 rings (SSSR count). The lowest BCUT2D eigenvalue weighted by Crippen LogP contribution is -2.19. The highest BCUT2D eigenvalue weighted by molar-refractivity contribution is 5.29. The zero-order valence-electron chi connectivity index (χ0n) is 9.45. The Bertz CT molecular complexity index is 316. The summed E-state index contributed by atoms with van der Waals surface area (Å²) < 4.78 is 5.11. The third-order valence-corrected chi connectivity index (χ3v) is 2.25. The maximum Gasteiger partial charge on any atom is 0.222 e. The van der Waals surface area contributed by atoms with Gasteiger partial charge in [0, 0.05) is 37.7 Å². The van der Waals surface area contributed by atoms with Crippen LogP contribution in [0.25, 0.3) is 0 Å². The first-order chi connectivity index (χ1) is 7.17. The van der Waals surface area contributed by atoms with Crippen LogP contribution in [0.3, 0.4) is 0 Å². The molecule has 1 atom stereocenters. The maximum absolute atomic E-state index is 5.52. The van der Waals surface area contributed by atoms with Gasteiger partial charge >= 0.3 is 0 Å². The highest BCUT2D eigenvalue weighted by atomic mass is 16.5. The topological polar surface area (TPSA) is 73.1 Å². The van der Waals surface area contributed by atoms with Crippen LogP contribution in [0.5, 0.6) is 0 Å². The zero-order chi connectivity index (χ0) is 11.3. The Labute approximate surface area is 90.1 Å². The average molecular weight is 210 g/mol. The van der Waals surface area contributed by atoms with E-state index in [2.05, 4.69) is 15.3 Å². The lowest BCUT2D eigenvalue weighted by Gasteiger charge is -2.11. The SMILES string of the molecule is COC(C)CNc1ncc(CN)c(C)n1. The Hall–Kier alpha value is -1.20. The molecular formula is C10H18N4O. The average Bonchev–Trinajstić information content (AvgIpc) is 2.26. The summed E-state index contributed by atoms with van der Waals surface area (Å²) >= 11 is 0. The van der Waals surface area contributed by atoms with Gasteiger partial charge in [0.2, 0.25) is 5.95 Å². The molecule has 5 nitrogen and oxygen atoms in total. The number of nitrogens with two attached hydrogens (primary N) is 1. The summed E-state index contributed by atoms with van der Waals surface area (Å²) in [6.45, 7) is 5.07. The molecule has 0 saturated heterocycles.